The third-order valence-corrected chi connectivity index (χ3v) is 8.45. The Kier molecular flexibility index (Phi) is 33.3. The maximum atomic E-state index is 12.4. The summed E-state index contributed by atoms with van der Waals surface area (Å²) >= 11 is 0. The van der Waals surface area contributed by atoms with E-state index < -0.39 is 23.6 Å². The minimum Gasteiger partial charge on any atom is -0.460 e. The molecule has 0 saturated heterocycles. The SMILES string of the molecule is C=C(C)C(=O)OC(C)COC(C)COCC(COCCC)(COCCC)COCC(C)OCC(C)OCC(C)OC(=O)CCCCC(CCCOC#N)CN=C=O. The van der Waals surface area contributed by atoms with Gasteiger partial charge in [-0.3, -0.25) is 4.79 Å². The number of aliphatic imine (C=N–C) groups is 1. The van der Waals surface area contributed by atoms with Crippen molar-refractivity contribution >= 4 is 18.0 Å². The molecule has 0 aromatic carbocycles. The highest BCUT2D eigenvalue weighted by molar-refractivity contribution is 5.87. The van der Waals surface area contributed by atoms with Crippen LogP contribution in [0.15, 0.2) is 17.1 Å². The fourth-order valence-electron chi connectivity index (χ4n) is 5.36. The lowest BCUT2D eigenvalue weighted by atomic mass is 9.92. The van der Waals surface area contributed by atoms with Crippen LogP contribution in [0.2, 0.25) is 0 Å². The van der Waals surface area contributed by atoms with Crippen molar-refractivity contribution in [3.63, 3.8) is 0 Å². The minimum absolute atomic E-state index is 0.170. The summed E-state index contributed by atoms with van der Waals surface area (Å²) in [6, 6.07) is 0. The molecule has 0 spiro atoms. The number of unbranched alkanes of at least 4 members (excludes halogenated alkanes) is 1. The summed E-state index contributed by atoms with van der Waals surface area (Å²) in [7, 11) is 0. The van der Waals surface area contributed by atoms with Gasteiger partial charge in [0.2, 0.25) is 6.08 Å². The summed E-state index contributed by atoms with van der Waals surface area (Å²) in [6.45, 7) is 23.5. The molecule has 0 N–H and O–H groups in total. The first kappa shape index (κ1) is 54.1. The Morgan fingerprint density at radius 2 is 1.18 bits per heavy atom. The van der Waals surface area contributed by atoms with Crippen LogP contribution >= 0.6 is 0 Å². The van der Waals surface area contributed by atoms with Gasteiger partial charge in [-0.1, -0.05) is 26.8 Å². The molecule has 0 radical (unpaired) electrons. The molecule has 0 rings (SSSR count). The van der Waals surface area contributed by atoms with Crippen LogP contribution in [0.25, 0.3) is 0 Å². The topological polar surface area (TPSA) is 180 Å². The molecular weight excluding hydrogens is 740 g/mol. The monoisotopic (exact) mass is 815 g/mol. The van der Waals surface area contributed by atoms with Gasteiger partial charge in [0.1, 0.15) is 18.8 Å². The maximum absolute atomic E-state index is 12.4. The second kappa shape index (κ2) is 35.1. The summed E-state index contributed by atoms with van der Waals surface area (Å²) in [5.41, 5.74) is -0.214. The van der Waals surface area contributed by atoms with Crippen LogP contribution in [0.3, 0.4) is 0 Å². The van der Waals surface area contributed by atoms with Crippen molar-refractivity contribution in [2.24, 2.45) is 16.3 Å². The van der Waals surface area contributed by atoms with Crippen molar-refractivity contribution < 1.29 is 61.8 Å². The molecule has 6 atom stereocenters. The fourth-order valence-corrected chi connectivity index (χ4v) is 5.36. The number of hydrogen-bond acceptors (Lipinski definition) is 15. The first-order valence-electron chi connectivity index (χ1n) is 20.6. The second-order valence-electron chi connectivity index (χ2n) is 15.0. The van der Waals surface area contributed by atoms with E-state index in [0.29, 0.717) is 91.0 Å². The summed E-state index contributed by atoms with van der Waals surface area (Å²) in [5, 5.41) is 8.50. The van der Waals surface area contributed by atoms with Gasteiger partial charge in [0, 0.05) is 25.2 Å². The average Bonchev–Trinajstić information content (AvgIpc) is 3.17. The van der Waals surface area contributed by atoms with Gasteiger partial charge < -0.3 is 47.4 Å². The molecular formula is C42H74N2O13. The van der Waals surface area contributed by atoms with Crippen LogP contribution in [0.5, 0.6) is 0 Å². The van der Waals surface area contributed by atoms with Crippen molar-refractivity contribution in [2.45, 2.75) is 137 Å². The average molecular weight is 815 g/mol. The van der Waals surface area contributed by atoms with Gasteiger partial charge >= 0.3 is 11.9 Å². The molecule has 0 fully saturated rings. The van der Waals surface area contributed by atoms with Crippen LogP contribution < -0.4 is 0 Å². The number of nitrogens with zero attached hydrogens (tertiary/aromatic N) is 2. The quantitative estimate of drug-likeness (QED) is 0.0168. The van der Waals surface area contributed by atoms with Gasteiger partial charge in [0.05, 0.1) is 89.7 Å². The number of carbonyl (C=O) groups is 2. The van der Waals surface area contributed by atoms with Crippen molar-refractivity contribution in [1.82, 2.24) is 0 Å². The number of nitriles is 1. The van der Waals surface area contributed by atoms with Crippen LogP contribution in [0.4, 0.5) is 0 Å². The second-order valence-corrected chi connectivity index (χ2v) is 15.0. The molecule has 0 bridgehead atoms. The zero-order valence-electron chi connectivity index (χ0n) is 36.2. The van der Waals surface area contributed by atoms with E-state index >= 15 is 0 Å². The zero-order chi connectivity index (χ0) is 42.7. The lowest BCUT2D eigenvalue weighted by Gasteiger charge is -2.34. The van der Waals surface area contributed by atoms with Crippen molar-refractivity contribution in [1.29, 1.82) is 5.26 Å². The molecule has 57 heavy (non-hydrogen) atoms. The molecule has 0 aliphatic heterocycles. The molecule has 0 aliphatic rings. The van der Waals surface area contributed by atoms with Crippen LogP contribution in [-0.4, -0.2) is 134 Å². The number of esters is 2. The standard InChI is InChI=1S/C42H74N2O13/c1-10-18-48-27-42(28-49-19-11-2,30-52-23-35(6)54-26-38(9)57-41(47)33(3)4)29-51-22-34(5)53-24-36(7)55-25-37(8)56-40(46)17-13-12-15-39(21-44-32-45)16-14-20-50-31-43/h34-39H,3,10-30H2,1-2,4-9H3. The summed E-state index contributed by atoms with van der Waals surface area (Å²) in [5.74, 6) is -0.563. The van der Waals surface area contributed by atoms with Gasteiger partial charge in [0.25, 0.3) is 6.26 Å². The third-order valence-electron chi connectivity index (χ3n) is 8.45. The van der Waals surface area contributed by atoms with E-state index in [1.807, 2.05) is 20.8 Å². The van der Waals surface area contributed by atoms with E-state index in [9.17, 15) is 14.4 Å². The largest absolute Gasteiger partial charge is 0.460 e. The molecule has 15 nitrogen and oxygen atoms in total. The highest BCUT2D eigenvalue weighted by Crippen LogP contribution is 2.22. The minimum atomic E-state index is -0.554. The zero-order valence-corrected chi connectivity index (χ0v) is 36.2. The highest BCUT2D eigenvalue weighted by atomic mass is 16.6. The summed E-state index contributed by atoms with van der Waals surface area (Å²) in [4.78, 5) is 38.4. The van der Waals surface area contributed by atoms with Crippen molar-refractivity contribution in [3.8, 4) is 6.26 Å². The van der Waals surface area contributed by atoms with Gasteiger partial charge in [0.15, 0.2) is 0 Å². The predicted octanol–water partition coefficient (Wildman–Crippen LogP) is 6.30. The molecule has 0 heterocycles. The molecule has 6 unspecified atom stereocenters. The van der Waals surface area contributed by atoms with E-state index in [1.165, 1.54) is 0 Å². The molecule has 0 amide bonds. The van der Waals surface area contributed by atoms with Crippen LogP contribution in [0.1, 0.15) is 107 Å². The molecule has 0 aromatic rings. The molecule has 0 saturated carbocycles. The van der Waals surface area contributed by atoms with Crippen LogP contribution in [0, 0.1) is 22.9 Å². The van der Waals surface area contributed by atoms with Crippen LogP contribution in [-0.2, 0) is 61.8 Å². The van der Waals surface area contributed by atoms with E-state index in [1.54, 1.807) is 33.1 Å². The maximum Gasteiger partial charge on any atom is 0.333 e. The Hall–Kier alpha value is -2.93. The number of isocyanates is 1. The molecule has 330 valence electrons. The Morgan fingerprint density at radius 1 is 0.684 bits per heavy atom. The Labute approximate surface area is 342 Å². The highest BCUT2D eigenvalue weighted by Gasteiger charge is 2.33. The molecule has 15 heteroatoms. The van der Waals surface area contributed by atoms with Gasteiger partial charge in [-0.25, -0.2) is 14.6 Å². The van der Waals surface area contributed by atoms with Gasteiger partial charge in [-0.15, -0.1) is 0 Å². The van der Waals surface area contributed by atoms with E-state index in [4.69, 9.17) is 52.6 Å². The lowest BCUT2D eigenvalue weighted by molar-refractivity contribution is -0.154. The van der Waals surface area contributed by atoms with E-state index in [0.717, 1.165) is 32.1 Å². The molecule has 0 aliphatic carbocycles. The Balaban J connectivity index is 4.75. The van der Waals surface area contributed by atoms with Crippen molar-refractivity contribution in [2.75, 3.05) is 85.8 Å². The van der Waals surface area contributed by atoms with Crippen molar-refractivity contribution in [3.05, 3.63) is 12.2 Å². The third kappa shape index (κ3) is 30.8. The van der Waals surface area contributed by atoms with E-state index in [-0.39, 0.29) is 49.8 Å². The Morgan fingerprint density at radius 3 is 1.68 bits per heavy atom. The number of rotatable bonds is 39. The first-order valence-corrected chi connectivity index (χ1v) is 20.6. The number of carbonyl (C=O) groups excluding carboxylic acids is 3. The summed E-state index contributed by atoms with van der Waals surface area (Å²) in [6.07, 6.45) is 7.46. The normalized spacial score (nSPS) is 14.6. The molecule has 0 aromatic heterocycles. The smallest absolute Gasteiger partial charge is 0.333 e. The Bertz CT molecular complexity index is 1130. The predicted molar refractivity (Wildman–Crippen MR) is 214 cm³/mol. The lowest BCUT2D eigenvalue weighted by Crippen LogP contribution is -2.43. The summed E-state index contributed by atoms with van der Waals surface area (Å²) < 4.78 is 57.7. The number of ether oxygens (including phenoxy) is 10. The van der Waals surface area contributed by atoms with Gasteiger partial charge in [-0.05, 0) is 86.0 Å². The fraction of sp³-hybridized carbons (Fsp3) is 0.857. The number of hydrogen-bond donors (Lipinski definition) is 0. The van der Waals surface area contributed by atoms with Gasteiger partial charge in [-0.2, -0.15) is 5.26 Å². The van der Waals surface area contributed by atoms with E-state index in [2.05, 4.69) is 25.4 Å². The first-order chi connectivity index (χ1) is 27.3.